The van der Waals surface area contributed by atoms with Gasteiger partial charge in [-0.25, -0.2) is 0 Å². The molecule has 0 spiro atoms. The third-order valence-corrected chi connectivity index (χ3v) is 5.70. The van der Waals surface area contributed by atoms with Crippen LogP contribution in [0.4, 0.5) is 0 Å². The molecule has 1 fully saturated rings. The van der Waals surface area contributed by atoms with Crippen molar-refractivity contribution >= 4 is 5.91 Å². The molecule has 0 bridgehead atoms. The van der Waals surface area contributed by atoms with Crippen molar-refractivity contribution < 1.29 is 9.69 Å². The van der Waals surface area contributed by atoms with Crippen molar-refractivity contribution in [2.75, 3.05) is 26.2 Å². The van der Waals surface area contributed by atoms with Crippen molar-refractivity contribution in [2.45, 2.75) is 13.5 Å². The lowest BCUT2D eigenvalue weighted by atomic mass is 10.0. The molecule has 0 saturated carbocycles. The number of aryl methyl sites for hydroxylation is 1. The third kappa shape index (κ3) is 4.15. The first kappa shape index (κ1) is 18.5. The molecule has 142 valence electrons. The van der Waals surface area contributed by atoms with Crippen LogP contribution >= 0.6 is 0 Å². The van der Waals surface area contributed by atoms with Gasteiger partial charge in [0.25, 0.3) is 5.91 Å². The predicted molar refractivity (Wildman–Crippen MR) is 113 cm³/mol. The molecule has 28 heavy (non-hydrogen) atoms. The van der Waals surface area contributed by atoms with Gasteiger partial charge in [-0.1, -0.05) is 66.7 Å². The molecule has 3 nitrogen and oxygen atoms in total. The highest BCUT2D eigenvalue weighted by molar-refractivity contribution is 5.94. The monoisotopic (exact) mass is 371 g/mol. The second-order valence-electron chi connectivity index (χ2n) is 7.59. The predicted octanol–water partition coefficient (Wildman–Crippen LogP) is 3.20. The van der Waals surface area contributed by atoms with E-state index in [0.717, 1.165) is 43.9 Å². The van der Waals surface area contributed by atoms with Crippen LogP contribution in [0.3, 0.4) is 0 Å². The Bertz CT molecular complexity index is 926. The summed E-state index contributed by atoms with van der Waals surface area (Å²) in [6, 6.07) is 26.9. The Morgan fingerprint density at radius 3 is 2.11 bits per heavy atom. The van der Waals surface area contributed by atoms with Crippen LogP contribution in [-0.4, -0.2) is 37.0 Å². The lowest BCUT2D eigenvalue weighted by molar-refractivity contribution is -0.917. The summed E-state index contributed by atoms with van der Waals surface area (Å²) in [7, 11) is 0. The van der Waals surface area contributed by atoms with Crippen LogP contribution in [0.15, 0.2) is 78.9 Å². The van der Waals surface area contributed by atoms with Gasteiger partial charge in [0.05, 0.1) is 26.2 Å². The molecule has 1 saturated heterocycles. The molecule has 0 radical (unpaired) electrons. The molecule has 3 heteroatoms. The molecular weight excluding hydrogens is 344 g/mol. The number of hydrogen-bond donors (Lipinski definition) is 1. The van der Waals surface area contributed by atoms with Gasteiger partial charge in [-0.3, -0.25) is 4.79 Å². The zero-order chi connectivity index (χ0) is 19.3. The average molecular weight is 372 g/mol. The number of benzene rings is 3. The lowest BCUT2D eigenvalue weighted by Crippen LogP contribution is -3.13. The minimum Gasteiger partial charge on any atom is -0.328 e. The van der Waals surface area contributed by atoms with Crippen molar-refractivity contribution in [3.05, 3.63) is 95.6 Å². The molecule has 0 unspecified atom stereocenters. The zero-order valence-corrected chi connectivity index (χ0v) is 16.4. The van der Waals surface area contributed by atoms with E-state index in [2.05, 4.69) is 43.3 Å². The molecule has 0 atom stereocenters. The maximum Gasteiger partial charge on any atom is 0.254 e. The van der Waals surface area contributed by atoms with Gasteiger partial charge < -0.3 is 9.80 Å². The van der Waals surface area contributed by atoms with Crippen LogP contribution in [0.2, 0.25) is 0 Å². The summed E-state index contributed by atoms with van der Waals surface area (Å²) in [6.45, 7) is 6.86. The third-order valence-electron chi connectivity index (χ3n) is 5.70. The summed E-state index contributed by atoms with van der Waals surface area (Å²) in [4.78, 5) is 16.4. The van der Waals surface area contributed by atoms with Crippen molar-refractivity contribution in [3.8, 4) is 11.1 Å². The van der Waals surface area contributed by atoms with Gasteiger partial charge in [0, 0.05) is 11.1 Å². The highest BCUT2D eigenvalue weighted by Crippen LogP contribution is 2.19. The maximum absolute atomic E-state index is 12.9. The first-order chi connectivity index (χ1) is 13.7. The van der Waals surface area contributed by atoms with Gasteiger partial charge in [0.2, 0.25) is 0 Å². The first-order valence-electron chi connectivity index (χ1n) is 10.0. The van der Waals surface area contributed by atoms with E-state index in [1.807, 2.05) is 47.4 Å². The van der Waals surface area contributed by atoms with Gasteiger partial charge in [0.15, 0.2) is 0 Å². The molecule has 1 aliphatic rings. The van der Waals surface area contributed by atoms with Crippen LogP contribution < -0.4 is 4.90 Å². The van der Waals surface area contributed by atoms with Crippen molar-refractivity contribution in [2.24, 2.45) is 0 Å². The number of piperazine rings is 1. The minimum atomic E-state index is 0.148. The van der Waals surface area contributed by atoms with Gasteiger partial charge in [0.1, 0.15) is 6.54 Å². The number of nitrogens with zero attached hydrogens (tertiary/aromatic N) is 1. The molecule has 0 aliphatic carbocycles. The highest BCUT2D eigenvalue weighted by atomic mass is 16.2. The number of rotatable bonds is 4. The van der Waals surface area contributed by atoms with Crippen LogP contribution in [0, 0.1) is 6.92 Å². The Balaban J connectivity index is 1.35. The van der Waals surface area contributed by atoms with Crippen molar-refractivity contribution in [1.82, 2.24) is 4.90 Å². The van der Waals surface area contributed by atoms with E-state index in [1.54, 1.807) is 4.90 Å². The molecule has 4 rings (SSSR count). The summed E-state index contributed by atoms with van der Waals surface area (Å²) in [5.41, 5.74) is 5.86. The smallest absolute Gasteiger partial charge is 0.254 e. The van der Waals surface area contributed by atoms with Gasteiger partial charge in [-0.15, -0.1) is 0 Å². The van der Waals surface area contributed by atoms with Crippen molar-refractivity contribution in [1.29, 1.82) is 0 Å². The van der Waals surface area contributed by atoms with Crippen LogP contribution in [-0.2, 0) is 6.54 Å². The maximum atomic E-state index is 12.9. The topological polar surface area (TPSA) is 24.8 Å². The molecule has 3 aromatic carbocycles. The van der Waals surface area contributed by atoms with Gasteiger partial charge >= 0.3 is 0 Å². The summed E-state index contributed by atoms with van der Waals surface area (Å²) < 4.78 is 0. The number of carbonyl (C=O) groups is 1. The van der Waals surface area contributed by atoms with Gasteiger partial charge in [-0.2, -0.15) is 0 Å². The van der Waals surface area contributed by atoms with E-state index in [0.29, 0.717) is 0 Å². The molecule has 1 heterocycles. The SMILES string of the molecule is Cc1ccccc1C[NH+]1CCN(C(=O)c2ccc(-c3ccccc3)cc2)CC1. The quantitative estimate of drug-likeness (QED) is 0.748. The van der Waals surface area contributed by atoms with E-state index in [1.165, 1.54) is 16.7 Å². The second kappa shape index (κ2) is 8.41. The van der Waals surface area contributed by atoms with Gasteiger partial charge in [-0.05, 0) is 35.7 Å². The normalized spacial score (nSPS) is 14.8. The van der Waals surface area contributed by atoms with Crippen LogP contribution in [0.25, 0.3) is 11.1 Å². The highest BCUT2D eigenvalue weighted by Gasteiger charge is 2.24. The Labute approximate surface area is 167 Å². The fraction of sp³-hybridized carbons (Fsp3) is 0.240. The van der Waals surface area contributed by atoms with E-state index >= 15 is 0 Å². The fourth-order valence-electron chi connectivity index (χ4n) is 3.90. The first-order valence-corrected chi connectivity index (χ1v) is 10.0. The zero-order valence-electron chi connectivity index (χ0n) is 16.4. The second-order valence-corrected chi connectivity index (χ2v) is 7.59. The molecule has 1 aliphatic heterocycles. The molecule has 1 N–H and O–H groups in total. The van der Waals surface area contributed by atoms with Crippen LogP contribution in [0.1, 0.15) is 21.5 Å². The Morgan fingerprint density at radius 2 is 1.43 bits per heavy atom. The number of hydrogen-bond acceptors (Lipinski definition) is 1. The number of amides is 1. The Hall–Kier alpha value is -2.91. The summed E-state index contributed by atoms with van der Waals surface area (Å²) in [5, 5.41) is 0. The Kier molecular flexibility index (Phi) is 5.54. The average Bonchev–Trinajstić information content (AvgIpc) is 2.76. The number of nitrogens with one attached hydrogen (secondary N) is 1. The number of quaternary nitrogens is 1. The van der Waals surface area contributed by atoms with Crippen molar-refractivity contribution in [3.63, 3.8) is 0 Å². The van der Waals surface area contributed by atoms with E-state index in [-0.39, 0.29) is 5.91 Å². The van der Waals surface area contributed by atoms with E-state index in [9.17, 15) is 4.79 Å². The summed E-state index contributed by atoms with van der Waals surface area (Å²) >= 11 is 0. The number of carbonyl (C=O) groups excluding carboxylic acids is 1. The van der Waals surface area contributed by atoms with Crippen LogP contribution in [0.5, 0.6) is 0 Å². The minimum absolute atomic E-state index is 0.148. The van der Waals surface area contributed by atoms with E-state index < -0.39 is 0 Å². The molecule has 3 aromatic rings. The van der Waals surface area contributed by atoms with E-state index in [4.69, 9.17) is 0 Å². The Morgan fingerprint density at radius 1 is 0.821 bits per heavy atom. The molecule has 1 amide bonds. The molecular formula is C25H27N2O+. The summed E-state index contributed by atoms with van der Waals surface area (Å²) in [5.74, 6) is 0.148. The fourth-order valence-corrected chi connectivity index (χ4v) is 3.90. The largest absolute Gasteiger partial charge is 0.328 e. The molecule has 0 aromatic heterocycles. The standard InChI is InChI=1S/C25H26N2O/c1-20-7-5-6-10-24(20)19-26-15-17-27(18-16-26)25(28)23-13-11-22(12-14-23)21-8-3-2-4-9-21/h2-14H,15-19H2,1H3/p+1. The summed E-state index contributed by atoms with van der Waals surface area (Å²) in [6.07, 6.45) is 0. The lowest BCUT2D eigenvalue weighted by Gasteiger charge is -2.32.